The van der Waals surface area contributed by atoms with E-state index in [1.54, 1.807) is 7.11 Å². The summed E-state index contributed by atoms with van der Waals surface area (Å²) in [5.74, 6) is 1.05. The van der Waals surface area contributed by atoms with Crippen LogP contribution in [0.3, 0.4) is 0 Å². The molecule has 25 heavy (non-hydrogen) atoms. The lowest BCUT2D eigenvalue weighted by Crippen LogP contribution is -2.43. The fourth-order valence-corrected chi connectivity index (χ4v) is 2.78. The van der Waals surface area contributed by atoms with Crippen molar-refractivity contribution in [1.29, 1.82) is 0 Å². The van der Waals surface area contributed by atoms with Crippen LogP contribution in [0.15, 0.2) is 24.3 Å². The Morgan fingerprint density at radius 1 is 1.20 bits per heavy atom. The second-order valence-electron chi connectivity index (χ2n) is 6.89. The first-order chi connectivity index (χ1) is 11.8. The number of carbonyl (C=O) groups is 1. The molecule has 0 radical (unpaired) electrons. The number of rotatable bonds is 11. The van der Waals surface area contributed by atoms with Crippen LogP contribution >= 0.6 is 0 Å². The normalized spacial score (nSPS) is 13.8. The van der Waals surface area contributed by atoms with Gasteiger partial charge in [0.2, 0.25) is 0 Å². The van der Waals surface area contributed by atoms with E-state index in [0.717, 1.165) is 31.1 Å². The number of anilines is 1. The highest BCUT2D eigenvalue weighted by Gasteiger charge is 2.33. The number of benzene rings is 1. The van der Waals surface area contributed by atoms with Gasteiger partial charge in [0.05, 0.1) is 0 Å². The maximum atomic E-state index is 12.5. The SMILES string of the molecule is CCN(CC)CCOc1ccc(NC(=O)[C@](C)(CC(C)C)OC)cc1. The molecule has 1 atom stereocenters. The van der Waals surface area contributed by atoms with Crippen LogP contribution in [0.2, 0.25) is 0 Å². The maximum Gasteiger partial charge on any atom is 0.256 e. The predicted molar refractivity (Wildman–Crippen MR) is 103 cm³/mol. The molecule has 1 N–H and O–H groups in total. The topological polar surface area (TPSA) is 50.8 Å². The molecule has 1 aromatic rings. The molecule has 0 spiro atoms. The zero-order valence-corrected chi connectivity index (χ0v) is 16.6. The number of likely N-dealkylation sites (N-methyl/N-ethyl adjacent to an activating group) is 1. The molecule has 0 fully saturated rings. The van der Waals surface area contributed by atoms with E-state index in [1.807, 2.05) is 31.2 Å². The van der Waals surface area contributed by atoms with E-state index in [-0.39, 0.29) is 5.91 Å². The molecule has 0 saturated carbocycles. The monoisotopic (exact) mass is 350 g/mol. The minimum Gasteiger partial charge on any atom is -0.492 e. The summed E-state index contributed by atoms with van der Waals surface area (Å²) in [5.41, 5.74) is -0.0827. The van der Waals surface area contributed by atoms with E-state index in [4.69, 9.17) is 9.47 Å². The zero-order chi connectivity index (χ0) is 18.9. The standard InChI is InChI=1S/C20H34N2O3/c1-7-22(8-2)13-14-25-18-11-9-17(10-12-18)21-19(23)20(5,24-6)15-16(3)4/h9-12,16H,7-8,13-15H2,1-6H3,(H,21,23)/t20-/m0/s1. The van der Waals surface area contributed by atoms with Gasteiger partial charge in [-0.2, -0.15) is 0 Å². The molecule has 0 saturated heterocycles. The molecular formula is C20H34N2O3. The summed E-state index contributed by atoms with van der Waals surface area (Å²) < 4.78 is 11.2. The highest BCUT2D eigenvalue weighted by atomic mass is 16.5. The Kier molecular flexibility index (Phi) is 8.93. The third-order valence-electron chi connectivity index (χ3n) is 4.41. The smallest absolute Gasteiger partial charge is 0.256 e. The van der Waals surface area contributed by atoms with Crippen molar-refractivity contribution in [3.63, 3.8) is 0 Å². The highest BCUT2D eigenvalue weighted by Crippen LogP contribution is 2.23. The van der Waals surface area contributed by atoms with Gasteiger partial charge in [-0.15, -0.1) is 0 Å². The molecule has 142 valence electrons. The number of amides is 1. The lowest BCUT2D eigenvalue weighted by atomic mass is 9.93. The van der Waals surface area contributed by atoms with E-state index in [1.165, 1.54) is 0 Å². The Bertz CT molecular complexity index is 512. The van der Waals surface area contributed by atoms with Gasteiger partial charge in [0, 0.05) is 19.3 Å². The molecule has 1 aromatic carbocycles. The fourth-order valence-electron chi connectivity index (χ4n) is 2.78. The van der Waals surface area contributed by atoms with Gasteiger partial charge in [0.1, 0.15) is 18.0 Å². The predicted octanol–water partition coefficient (Wildman–Crippen LogP) is 3.80. The van der Waals surface area contributed by atoms with E-state index in [9.17, 15) is 4.79 Å². The molecule has 0 unspecified atom stereocenters. The first kappa shape index (κ1) is 21.5. The molecule has 0 aliphatic carbocycles. The first-order valence-electron chi connectivity index (χ1n) is 9.16. The molecule has 0 aliphatic rings. The van der Waals surface area contributed by atoms with Crippen LogP contribution in [0.25, 0.3) is 0 Å². The molecule has 0 heterocycles. The number of hydrogen-bond acceptors (Lipinski definition) is 4. The third kappa shape index (κ3) is 7.04. The largest absolute Gasteiger partial charge is 0.492 e. The molecule has 5 heteroatoms. The van der Waals surface area contributed by atoms with Crippen LogP contribution in [-0.4, -0.2) is 49.8 Å². The van der Waals surface area contributed by atoms with Crippen molar-refractivity contribution < 1.29 is 14.3 Å². The second-order valence-corrected chi connectivity index (χ2v) is 6.89. The van der Waals surface area contributed by atoms with Gasteiger partial charge in [-0.3, -0.25) is 4.79 Å². The summed E-state index contributed by atoms with van der Waals surface area (Å²) in [4.78, 5) is 14.8. The van der Waals surface area contributed by atoms with Crippen molar-refractivity contribution in [3.05, 3.63) is 24.3 Å². The van der Waals surface area contributed by atoms with Gasteiger partial charge in [-0.05, 0) is 56.6 Å². The van der Waals surface area contributed by atoms with Crippen LogP contribution < -0.4 is 10.1 Å². The summed E-state index contributed by atoms with van der Waals surface area (Å²) in [6.45, 7) is 13.9. The Morgan fingerprint density at radius 2 is 1.80 bits per heavy atom. The van der Waals surface area contributed by atoms with E-state index in [2.05, 4.69) is 37.9 Å². The lowest BCUT2D eigenvalue weighted by molar-refractivity contribution is -0.137. The van der Waals surface area contributed by atoms with E-state index in [0.29, 0.717) is 18.9 Å². The van der Waals surface area contributed by atoms with Crippen molar-refractivity contribution in [1.82, 2.24) is 4.90 Å². The Labute approximate surface area is 152 Å². The summed E-state index contributed by atoms with van der Waals surface area (Å²) in [7, 11) is 1.58. The van der Waals surface area contributed by atoms with Crippen molar-refractivity contribution in [3.8, 4) is 5.75 Å². The number of methoxy groups -OCH3 is 1. The number of nitrogens with zero attached hydrogens (tertiary/aromatic N) is 1. The van der Waals surface area contributed by atoms with Gasteiger partial charge >= 0.3 is 0 Å². The van der Waals surface area contributed by atoms with Crippen LogP contribution in [0.4, 0.5) is 5.69 Å². The number of hydrogen-bond donors (Lipinski definition) is 1. The molecule has 0 bridgehead atoms. The molecule has 1 rings (SSSR count). The van der Waals surface area contributed by atoms with Crippen molar-refractivity contribution in [2.24, 2.45) is 5.92 Å². The van der Waals surface area contributed by atoms with Gasteiger partial charge < -0.3 is 19.7 Å². The number of nitrogens with one attached hydrogen (secondary N) is 1. The van der Waals surface area contributed by atoms with Gasteiger partial charge in [0.25, 0.3) is 5.91 Å². The average molecular weight is 351 g/mol. The maximum absolute atomic E-state index is 12.5. The van der Waals surface area contributed by atoms with E-state index < -0.39 is 5.60 Å². The minimum absolute atomic E-state index is 0.126. The van der Waals surface area contributed by atoms with E-state index >= 15 is 0 Å². The summed E-state index contributed by atoms with van der Waals surface area (Å²) in [5, 5.41) is 2.93. The Morgan fingerprint density at radius 3 is 2.28 bits per heavy atom. The van der Waals surface area contributed by atoms with Crippen LogP contribution in [0.1, 0.15) is 41.0 Å². The van der Waals surface area contributed by atoms with Crippen molar-refractivity contribution >= 4 is 11.6 Å². The summed E-state index contributed by atoms with van der Waals surface area (Å²) in [6.07, 6.45) is 0.669. The first-order valence-corrected chi connectivity index (χ1v) is 9.16. The number of ether oxygens (including phenoxy) is 2. The van der Waals surface area contributed by atoms with Crippen LogP contribution in [0.5, 0.6) is 5.75 Å². The Hall–Kier alpha value is -1.59. The molecule has 1 amide bonds. The zero-order valence-electron chi connectivity index (χ0n) is 16.6. The Balaban J connectivity index is 2.57. The summed E-state index contributed by atoms with van der Waals surface area (Å²) in [6, 6.07) is 7.47. The molecule has 0 aromatic heterocycles. The van der Waals surface area contributed by atoms with Crippen molar-refractivity contribution in [2.75, 3.05) is 38.7 Å². The summed E-state index contributed by atoms with van der Waals surface area (Å²) >= 11 is 0. The van der Waals surface area contributed by atoms with Crippen molar-refractivity contribution in [2.45, 2.75) is 46.6 Å². The van der Waals surface area contributed by atoms with Gasteiger partial charge in [-0.25, -0.2) is 0 Å². The molecule has 5 nitrogen and oxygen atoms in total. The average Bonchev–Trinajstić information content (AvgIpc) is 2.59. The molecular weight excluding hydrogens is 316 g/mol. The second kappa shape index (κ2) is 10.4. The van der Waals surface area contributed by atoms with Gasteiger partial charge in [0.15, 0.2) is 0 Å². The lowest BCUT2D eigenvalue weighted by Gasteiger charge is -2.28. The quantitative estimate of drug-likeness (QED) is 0.659. The number of carbonyl (C=O) groups excluding carboxylic acids is 1. The third-order valence-corrected chi connectivity index (χ3v) is 4.41. The molecule has 0 aliphatic heterocycles. The highest BCUT2D eigenvalue weighted by molar-refractivity contribution is 5.97. The van der Waals surface area contributed by atoms with Crippen LogP contribution in [0, 0.1) is 5.92 Å². The fraction of sp³-hybridized carbons (Fsp3) is 0.650. The minimum atomic E-state index is -0.826. The van der Waals surface area contributed by atoms with Crippen LogP contribution in [-0.2, 0) is 9.53 Å². The van der Waals surface area contributed by atoms with Gasteiger partial charge in [-0.1, -0.05) is 27.7 Å².